The van der Waals surface area contributed by atoms with Gasteiger partial charge in [-0.3, -0.25) is 9.59 Å². The summed E-state index contributed by atoms with van der Waals surface area (Å²) in [4.78, 5) is 36.2. The molecular formula is C26H35NO4. The van der Waals surface area contributed by atoms with Crippen molar-refractivity contribution in [3.63, 3.8) is 0 Å². The first-order valence-electron chi connectivity index (χ1n) is 10.7. The summed E-state index contributed by atoms with van der Waals surface area (Å²) in [5.41, 5.74) is 4.26. The zero-order valence-electron chi connectivity index (χ0n) is 19.7. The Balaban J connectivity index is 3.51. The van der Waals surface area contributed by atoms with Gasteiger partial charge in [-0.05, 0) is 54.7 Å². The number of carboxylic acid groups (broad SMARTS) is 1. The van der Waals surface area contributed by atoms with Gasteiger partial charge in [0, 0.05) is 30.9 Å². The van der Waals surface area contributed by atoms with Gasteiger partial charge < -0.3 is 10.4 Å². The van der Waals surface area contributed by atoms with Crippen LogP contribution in [0.15, 0.2) is 53.1 Å². The van der Waals surface area contributed by atoms with Crippen molar-refractivity contribution in [2.24, 2.45) is 5.92 Å². The number of nitrogens with one attached hydrogen (secondary N) is 1. The highest BCUT2D eigenvalue weighted by Crippen LogP contribution is 2.31. The Morgan fingerprint density at radius 2 is 1.77 bits per heavy atom. The lowest BCUT2D eigenvalue weighted by Crippen LogP contribution is -2.19. The van der Waals surface area contributed by atoms with Crippen LogP contribution in [0.3, 0.4) is 0 Å². The summed E-state index contributed by atoms with van der Waals surface area (Å²) < 4.78 is 0. The highest BCUT2D eigenvalue weighted by molar-refractivity contribution is 5.97. The highest BCUT2D eigenvalue weighted by Gasteiger charge is 2.20. The zero-order chi connectivity index (χ0) is 23.7. The number of ketones is 1. The molecule has 5 heteroatoms. The van der Waals surface area contributed by atoms with Gasteiger partial charge in [-0.2, -0.15) is 0 Å². The second-order valence-corrected chi connectivity index (χ2v) is 8.09. The number of benzene rings is 1. The summed E-state index contributed by atoms with van der Waals surface area (Å²) >= 11 is 0. The maximum Gasteiger partial charge on any atom is 0.335 e. The Morgan fingerprint density at radius 1 is 1.13 bits per heavy atom. The van der Waals surface area contributed by atoms with Crippen LogP contribution in [-0.4, -0.2) is 29.8 Å². The number of aryl methyl sites for hydroxylation is 1. The Morgan fingerprint density at radius 3 is 2.29 bits per heavy atom. The SMILES string of the molecule is CC/C=C(/C=C(\C=C(/C)C(=O)NC)C(=O)O)C(C)c1cccc(C)c1CC(=O)C(C)C. The predicted octanol–water partition coefficient (Wildman–Crippen LogP) is 4.91. The minimum atomic E-state index is -1.10. The highest BCUT2D eigenvalue weighted by atomic mass is 16.4. The summed E-state index contributed by atoms with van der Waals surface area (Å²) in [5.74, 6) is -1.41. The van der Waals surface area contributed by atoms with Crippen molar-refractivity contribution in [2.75, 3.05) is 7.05 Å². The number of allylic oxidation sites excluding steroid dienone is 3. The van der Waals surface area contributed by atoms with Crippen molar-refractivity contribution in [2.45, 2.75) is 60.3 Å². The summed E-state index contributed by atoms with van der Waals surface area (Å²) in [6.07, 6.45) is 6.09. The van der Waals surface area contributed by atoms with E-state index < -0.39 is 5.97 Å². The normalized spacial score (nSPS) is 13.9. The molecule has 31 heavy (non-hydrogen) atoms. The molecule has 1 aromatic carbocycles. The number of carboxylic acids is 1. The van der Waals surface area contributed by atoms with E-state index in [1.165, 1.54) is 13.1 Å². The van der Waals surface area contributed by atoms with Crippen LogP contribution in [-0.2, 0) is 20.8 Å². The van der Waals surface area contributed by atoms with Crippen LogP contribution in [0.2, 0.25) is 0 Å². The third kappa shape index (κ3) is 7.35. The lowest BCUT2D eigenvalue weighted by Gasteiger charge is -2.21. The molecule has 1 aromatic rings. The molecule has 168 valence electrons. The monoisotopic (exact) mass is 425 g/mol. The molecule has 0 fully saturated rings. The topological polar surface area (TPSA) is 83.5 Å². The summed E-state index contributed by atoms with van der Waals surface area (Å²) in [7, 11) is 1.51. The largest absolute Gasteiger partial charge is 0.478 e. The Kier molecular flexibility index (Phi) is 10.1. The summed E-state index contributed by atoms with van der Waals surface area (Å²) in [5, 5.41) is 12.2. The molecule has 5 nitrogen and oxygen atoms in total. The van der Waals surface area contributed by atoms with Crippen LogP contribution in [0.5, 0.6) is 0 Å². The lowest BCUT2D eigenvalue weighted by molar-refractivity contribution is -0.132. The van der Waals surface area contributed by atoms with E-state index in [-0.39, 0.29) is 29.1 Å². The van der Waals surface area contributed by atoms with E-state index in [1.54, 1.807) is 13.0 Å². The molecule has 0 aliphatic rings. The predicted molar refractivity (Wildman–Crippen MR) is 125 cm³/mol. The van der Waals surface area contributed by atoms with Crippen molar-refractivity contribution in [3.05, 3.63) is 69.8 Å². The van der Waals surface area contributed by atoms with Crippen molar-refractivity contribution in [1.29, 1.82) is 0 Å². The fraction of sp³-hybridized carbons (Fsp3) is 0.423. The number of hydrogen-bond acceptors (Lipinski definition) is 3. The molecule has 1 atom stereocenters. The summed E-state index contributed by atoms with van der Waals surface area (Å²) in [6, 6.07) is 5.96. The second-order valence-electron chi connectivity index (χ2n) is 8.09. The molecular weight excluding hydrogens is 390 g/mol. The molecule has 1 unspecified atom stereocenters. The van der Waals surface area contributed by atoms with Crippen molar-refractivity contribution >= 4 is 17.7 Å². The van der Waals surface area contributed by atoms with Crippen molar-refractivity contribution in [1.82, 2.24) is 5.32 Å². The average Bonchev–Trinajstić information content (AvgIpc) is 2.72. The van der Waals surface area contributed by atoms with E-state index in [0.717, 1.165) is 28.7 Å². The van der Waals surface area contributed by atoms with E-state index >= 15 is 0 Å². The quantitative estimate of drug-likeness (QED) is 0.412. The van der Waals surface area contributed by atoms with Gasteiger partial charge in [0.1, 0.15) is 5.78 Å². The molecule has 0 spiro atoms. The van der Waals surface area contributed by atoms with Gasteiger partial charge in [-0.15, -0.1) is 0 Å². The zero-order valence-corrected chi connectivity index (χ0v) is 19.7. The maximum atomic E-state index is 12.5. The molecule has 1 amide bonds. The van der Waals surface area contributed by atoms with E-state index in [1.807, 2.05) is 58.9 Å². The van der Waals surface area contributed by atoms with Gasteiger partial charge in [0.2, 0.25) is 5.91 Å². The van der Waals surface area contributed by atoms with Crippen LogP contribution in [0.25, 0.3) is 0 Å². The first-order chi connectivity index (χ1) is 14.5. The van der Waals surface area contributed by atoms with E-state index in [2.05, 4.69) is 5.32 Å². The molecule has 0 bridgehead atoms. The minimum absolute atomic E-state index is 0.0418. The van der Waals surface area contributed by atoms with Gasteiger partial charge in [0.05, 0.1) is 5.57 Å². The fourth-order valence-electron chi connectivity index (χ4n) is 3.37. The summed E-state index contributed by atoms with van der Waals surface area (Å²) in [6.45, 7) is 11.4. The third-order valence-electron chi connectivity index (χ3n) is 5.37. The van der Waals surface area contributed by atoms with Crippen LogP contribution in [0.1, 0.15) is 63.6 Å². The number of hydrogen-bond donors (Lipinski definition) is 2. The van der Waals surface area contributed by atoms with Gasteiger partial charge in [-0.1, -0.05) is 52.0 Å². The smallest absolute Gasteiger partial charge is 0.335 e. The van der Waals surface area contributed by atoms with Gasteiger partial charge >= 0.3 is 5.97 Å². The number of rotatable bonds is 10. The van der Waals surface area contributed by atoms with Gasteiger partial charge in [-0.25, -0.2) is 4.79 Å². The van der Waals surface area contributed by atoms with E-state index in [0.29, 0.717) is 12.0 Å². The Bertz CT molecular complexity index is 919. The molecule has 2 N–H and O–H groups in total. The van der Waals surface area contributed by atoms with Crippen molar-refractivity contribution in [3.8, 4) is 0 Å². The first kappa shape index (κ1) is 26.1. The second kappa shape index (κ2) is 12.0. The number of amides is 1. The van der Waals surface area contributed by atoms with Gasteiger partial charge in [0.15, 0.2) is 0 Å². The van der Waals surface area contributed by atoms with Crippen LogP contribution < -0.4 is 5.32 Å². The standard InChI is InChI=1S/C26H35NO4/c1-8-10-20(14-21(26(30)31)13-18(5)25(29)27-7)19(6)22-12-9-11-17(4)23(22)15-24(28)16(2)3/h9-14,16,19H,8,15H2,1-7H3,(H,27,29)(H,30,31)/b18-13+,20-10-,21-14+. The van der Waals surface area contributed by atoms with Crippen LogP contribution in [0, 0.1) is 12.8 Å². The number of Topliss-reactive ketones (excluding diaryl/α,β-unsaturated/α-hetero) is 1. The van der Waals surface area contributed by atoms with E-state index in [9.17, 15) is 19.5 Å². The van der Waals surface area contributed by atoms with Crippen molar-refractivity contribution < 1.29 is 19.5 Å². The number of aliphatic carboxylic acids is 1. The van der Waals surface area contributed by atoms with Crippen LogP contribution in [0.4, 0.5) is 0 Å². The molecule has 0 aromatic heterocycles. The maximum absolute atomic E-state index is 12.5. The number of carbonyl (C=O) groups is 3. The molecule has 0 saturated heterocycles. The van der Waals surface area contributed by atoms with E-state index in [4.69, 9.17) is 0 Å². The average molecular weight is 426 g/mol. The molecule has 0 aliphatic carbocycles. The Labute approximate surface area is 185 Å². The molecule has 0 heterocycles. The lowest BCUT2D eigenvalue weighted by atomic mass is 9.83. The fourth-order valence-corrected chi connectivity index (χ4v) is 3.37. The minimum Gasteiger partial charge on any atom is -0.478 e. The third-order valence-corrected chi connectivity index (χ3v) is 5.37. The first-order valence-corrected chi connectivity index (χ1v) is 10.7. The molecule has 1 rings (SSSR count). The number of likely N-dealkylation sites (N-methyl/N-ethyl adjacent to an activating group) is 1. The Hall–Kier alpha value is -2.95. The van der Waals surface area contributed by atoms with Gasteiger partial charge in [0.25, 0.3) is 0 Å². The molecule has 0 aliphatic heterocycles. The number of carbonyl (C=O) groups excluding carboxylic acids is 2. The molecule has 0 saturated carbocycles. The van der Waals surface area contributed by atoms with Crippen LogP contribution >= 0.6 is 0 Å². The molecule has 0 radical (unpaired) electrons.